The lowest BCUT2D eigenvalue weighted by Crippen LogP contribution is -2.53. The Morgan fingerprint density at radius 1 is 1.44 bits per heavy atom. The minimum atomic E-state index is -3.64. The molecule has 2 saturated heterocycles. The molecular weight excluding hydrogens is 370 g/mol. The summed E-state index contributed by atoms with van der Waals surface area (Å²) in [7, 11) is -2.03. The average molecular weight is 397 g/mol. The van der Waals surface area contributed by atoms with Gasteiger partial charge in [0.1, 0.15) is 4.90 Å². The number of hydrogen-bond acceptors (Lipinski definition) is 6. The molecule has 3 rings (SSSR count). The number of nitrogens with one attached hydrogen (secondary N) is 1. The van der Waals surface area contributed by atoms with Crippen LogP contribution in [-0.2, 0) is 24.3 Å². The van der Waals surface area contributed by atoms with Crippen molar-refractivity contribution in [2.45, 2.75) is 36.1 Å². The van der Waals surface area contributed by atoms with Crippen molar-refractivity contribution in [3.63, 3.8) is 0 Å². The van der Waals surface area contributed by atoms with Crippen molar-refractivity contribution in [2.24, 2.45) is 5.92 Å². The molecule has 0 aromatic carbocycles. The number of nitrogens with zero attached hydrogens (tertiary/aromatic N) is 2. The van der Waals surface area contributed by atoms with Crippen LogP contribution >= 0.6 is 0 Å². The van der Waals surface area contributed by atoms with Gasteiger partial charge in [0.05, 0.1) is 5.54 Å². The van der Waals surface area contributed by atoms with Gasteiger partial charge in [-0.15, -0.1) is 0 Å². The van der Waals surface area contributed by atoms with Crippen molar-refractivity contribution in [3.05, 3.63) is 24.5 Å². The lowest BCUT2D eigenvalue weighted by molar-refractivity contribution is -0.130. The van der Waals surface area contributed by atoms with E-state index in [1.165, 1.54) is 16.6 Å². The lowest BCUT2D eigenvalue weighted by atomic mass is 9.91. The highest BCUT2D eigenvalue weighted by Gasteiger charge is 2.44. The molecule has 3 heterocycles. The van der Waals surface area contributed by atoms with Gasteiger partial charge in [-0.25, -0.2) is 8.42 Å². The van der Waals surface area contributed by atoms with Crippen LogP contribution in [0.5, 0.6) is 0 Å². The van der Waals surface area contributed by atoms with Crippen molar-refractivity contribution in [1.29, 1.82) is 0 Å². The zero-order valence-electron chi connectivity index (χ0n) is 15.6. The molecule has 8 nitrogen and oxygen atoms in total. The summed E-state index contributed by atoms with van der Waals surface area (Å²) in [4.78, 5) is 16.8. The summed E-state index contributed by atoms with van der Waals surface area (Å²) in [6.45, 7) is 2.22. The predicted molar refractivity (Wildman–Crippen MR) is 98.5 cm³/mol. The van der Waals surface area contributed by atoms with E-state index in [0.717, 1.165) is 0 Å². The standard InChI is InChI=1S/C18H27N3O5S/c1-25-12-7-18(20-17(22)15-4-10-26-11-5-15)6-9-21(14-18)27(23,24)16-3-2-8-19-13-16/h2-3,8,13,15H,4-7,9-12,14H2,1H3,(H,20,22). The molecule has 9 heteroatoms. The summed E-state index contributed by atoms with van der Waals surface area (Å²) >= 11 is 0. The maximum atomic E-state index is 12.9. The van der Waals surface area contributed by atoms with Crippen molar-refractivity contribution in [3.8, 4) is 0 Å². The van der Waals surface area contributed by atoms with E-state index < -0.39 is 15.6 Å². The number of carbonyl (C=O) groups is 1. The number of ether oxygens (including phenoxy) is 2. The molecule has 0 bridgehead atoms. The van der Waals surface area contributed by atoms with E-state index in [1.54, 1.807) is 19.4 Å². The van der Waals surface area contributed by atoms with Crippen LogP contribution in [0.3, 0.4) is 0 Å². The molecule has 1 atom stereocenters. The van der Waals surface area contributed by atoms with Crippen molar-refractivity contribution in [2.75, 3.05) is 40.0 Å². The Balaban J connectivity index is 1.74. The van der Waals surface area contributed by atoms with Crippen LogP contribution in [-0.4, -0.2) is 69.2 Å². The summed E-state index contributed by atoms with van der Waals surface area (Å²) < 4.78 is 37.8. The van der Waals surface area contributed by atoms with Crippen LogP contribution in [0.15, 0.2) is 29.4 Å². The second-order valence-corrected chi connectivity index (χ2v) is 9.11. The van der Waals surface area contributed by atoms with Crippen LogP contribution in [0.1, 0.15) is 25.7 Å². The second-order valence-electron chi connectivity index (χ2n) is 7.18. The number of rotatable bonds is 7. The number of pyridine rings is 1. The molecular formula is C18H27N3O5S. The summed E-state index contributed by atoms with van der Waals surface area (Å²) in [5.41, 5.74) is -0.610. The van der Waals surface area contributed by atoms with Gasteiger partial charge < -0.3 is 14.8 Å². The summed E-state index contributed by atoms with van der Waals surface area (Å²) in [5.74, 6) is -0.0998. The van der Waals surface area contributed by atoms with E-state index >= 15 is 0 Å². The topological polar surface area (TPSA) is 97.8 Å². The molecule has 0 saturated carbocycles. The molecule has 0 radical (unpaired) electrons. The largest absolute Gasteiger partial charge is 0.385 e. The number of aromatic nitrogens is 1. The number of carbonyl (C=O) groups excluding carboxylic acids is 1. The zero-order valence-corrected chi connectivity index (χ0v) is 16.4. The van der Waals surface area contributed by atoms with Gasteiger partial charge in [-0.1, -0.05) is 0 Å². The molecule has 1 amide bonds. The first-order valence-electron chi connectivity index (χ1n) is 9.26. The number of sulfonamides is 1. The Hall–Kier alpha value is -1.55. The maximum absolute atomic E-state index is 12.9. The number of methoxy groups -OCH3 is 1. The fraction of sp³-hybridized carbons (Fsp3) is 0.667. The molecule has 150 valence electrons. The van der Waals surface area contributed by atoms with Crippen molar-refractivity contribution < 1.29 is 22.7 Å². The number of amides is 1. The summed E-state index contributed by atoms with van der Waals surface area (Å²) in [6, 6.07) is 3.14. The van der Waals surface area contributed by atoms with E-state index in [0.29, 0.717) is 52.0 Å². The van der Waals surface area contributed by atoms with E-state index in [9.17, 15) is 13.2 Å². The molecule has 0 aliphatic carbocycles. The Kier molecular flexibility index (Phi) is 6.46. The van der Waals surface area contributed by atoms with E-state index in [2.05, 4.69) is 10.3 Å². The first-order chi connectivity index (χ1) is 13.0. The van der Waals surface area contributed by atoms with E-state index in [4.69, 9.17) is 9.47 Å². The highest BCUT2D eigenvalue weighted by atomic mass is 32.2. The van der Waals surface area contributed by atoms with Crippen LogP contribution in [0.25, 0.3) is 0 Å². The predicted octanol–water partition coefficient (Wildman–Crippen LogP) is 0.794. The highest BCUT2D eigenvalue weighted by Crippen LogP contribution is 2.30. The molecule has 2 fully saturated rings. The van der Waals surface area contributed by atoms with E-state index in [-0.39, 0.29) is 23.3 Å². The third-order valence-corrected chi connectivity index (χ3v) is 7.18. The quantitative estimate of drug-likeness (QED) is 0.731. The minimum absolute atomic E-state index is 0.0185. The van der Waals surface area contributed by atoms with Crippen LogP contribution in [0, 0.1) is 5.92 Å². The van der Waals surface area contributed by atoms with Crippen molar-refractivity contribution in [1.82, 2.24) is 14.6 Å². The van der Waals surface area contributed by atoms with Gasteiger partial charge in [0.25, 0.3) is 0 Å². The molecule has 1 N–H and O–H groups in total. The third-order valence-electron chi connectivity index (χ3n) is 5.36. The first kappa shape index (κ1) is 20.2. The Morgan fingerprint density at radius 2 is 2.22 bits per heavy atom. The smallest absolute Gasteiger partial charge is 0.244 e. The molecule has 0 spiro atoms. The van der Waals surface area contributed by atoms with E-state index in [1.807, 2.05) is 0 Å². The van der Waals surface area contributed by atoms with Crippen LogP contribution in [0.2, 0.25) is 0 Å². The SMILES string of the molecule is COCCC1(NC(=O)C2CCOCC2)CCN(S(=O)(=O)c2cccnc2)C1. The van der Waals surface area contributed by atoms with Gasteiger partial charge in [0.15, 0.2) is 0 Å². The first-order valence-corrected chi connectivity index (χ1v) is 10.7. The lowest BCUT2D eigenvalue weighted by Gasteiger charge is -2.33. The Morgan fingerprint density at radius 3 is 2.89 bits per heavy atom. The fourth-order valence-corrected chi connectivity index (χ4v) is 5.17. The zero-order chi connectivity index (χ0) is 19.3. The molecule has 1 aromatic rings. The molecule has 2 aliphatic rings. The average Bonchev–Trinajstić information content (AvgIpc) is 3.13. The fourth-order valence-electron chi connectivity index (χ4n) is 3.68. The van der Waals surface area contributed by atoms with Crippen molar-refractivity contribution >= 4 is 15.9 Å². The normalized spacial score (nSPS) is 24.8. The van der Waals surface area contributed by atoms with Gasteiger partial charge in [-0.2, -0.15) is 4.31 Å². The third kappa shape index (κ3) is 4.66. The van der Waals surface area contributed by atoms with Gasteiger partial charge in [0.2, 0.25) is 15.9 Å². The van der Waals surface area contributed by atoms with Gasteiger partial charge in [0, 0.05) is 58.3 Å². The number of hydrogen-bond donors (Lipinski definition) is 1. The Labute approximate surface area is 160 Å². The Bertz CT molecular complexity index is 737. The maximum Gasteiger partial charge on any atom is 0.244 e. The van der Waals surface area contributed by atoms with Gasteiger partial charge in [-0.3, -0.25) is 9.78 Å². The molecule has 27 heavy (non-hydrogen) atoms. The monoisotopic (exact) mass is 397 g/mol. The summed E-state index contributed by atoms with van der Waals surface area (Å²) in [5, 5.41) is 3.15. The minimum Gasteiger partial charge on any atom is -0.385 e. The van der Waals surface area contributed by atoms with Gasteiger partial charge in [-0.05, 0) is 37.8 Å². The molecule has 1 unspecified atom stereocenters. The van der Waals surface area contributed by atoms with Crippen LogP contribution < -0.4 is 5.32 Å². The summed E-state index contributed by atoms with van der Waals surface area (Å²) in [6.07, 6.45) is 5.42. The highest BCUT2D eigenvalue weighted by molar-refractivity contribution is 7.89. The second kappa shape index (κ2) is 8.64. The molecule has 1 aromatic heterocycles. The van der Waals surface area contributed by atoms with Crippen LogP contribution in [0.4, 0.5) is 0 Å². The molecule has 2 aliphatic heterocycles. The van der Waals surface area contributed by atoms with Gasteiger partial charge >= 0.3 is 0 Å².